The van der Waals surface area contributed by atoms with Crippen LogP contribution in [-0.2, 0) is 4.79 Å². The number of anilines is 1. The molecule has 0 aliphatic rings. The lowest BCUT2D eigenvalue weighted by Crippen LogP contribution is -2.34. The molecule has 0 spiro atoms. The highest BCUT2D eigenvalue weighted by atomic mass is 16.5. The second kappa shape index (κ2) is 7.79. The molecular weight excluding hydrogens is 288 g/mol. The predicted molar refractivity (Wildman–Crippen MR) is 93.4 cm³/mol. The van der Waals surface area contributed by atoms with E-state index < -0.39 is 0 Å². The van der Waals surface area contributed by atoms with Crippen LogP contribution in [0.25, 0.3) is 0 Å². The van der Waals surface area contributed by atoms with E-state index in [0.29, 0.717) is 11.4 Å². The highest BCUT2D eigenvalue weighted by Crippen LogP contribution is 2.29. The van der Waals surface area contributed by atoms with Crippen molar-refractivity contribution in [2.24, 2.45) is 11.7 Å². The second-order valence-electron chi connectivity index (χ2n) is 5.80. The van der Waals surface area contributed by atoms with Crippen molar-refractivity contribution in [3.05, 3.63) is 60.2 Å². The number of rotatable bonds is 6. The molecule has 0 aliphatic carbocycles. The first-order valence-corrected chi connectivity index (χ1v) is 7.86. The fourth-order valence-electron chi connectivity index (χ4n) is 2.14. The van der Waals surface area contributed by atoms with Crippen molar-refractivity contribution in [1.29, 1.82) is 0 Å². The summed E-state index contributed by atoms with van der Waals surface area (Å²) in [6.07, 6.45) is -0.111. The van der Waals surface area contributed by atoms with Gasteiger partial charge in [-0.25, -0.2) is 0 Å². The Balaban J connectivity index is 2.13. The quantitative estimate of drug-likeness (QED) is 0.854. The molecule has 1 amide bonds. The summed E-state index contributed by atoms with van der Waals surface area (Å²) in [5.74, 6) is 0.270. The maximum atomic E-state index is 12.2. The van der Waals surface area contributed by atoms with Crippen molar-refractivity contribution >= 4 is 11.6 Å². The van der Waals surface area contributed by atoms with Gasteiger partial charge < -0.3 is 15.8 Å². The van der Waals surface area contributed by atoms with Gasteiger partial charge in [-0.3, -0.25) is 4.79 Å². The van der Waals surface area contributed by atoms with Crippen LogP contribution >= 0.6 is 0 Å². The molecule has 4 heteroatoms. The summed E-state index contributed by atoms with van der Waals surface area (Å²) in [4.78, 5) is 12.2. The van der Waals surface area contributed by atoms with Crippen molar-refractivity contribution in [2.45, 2.75) is 32.9 Å². The summed E-state index contributed by atoms with van der Waals surface area (Å²) < 4.78 is 6.03. The fourth-order valence-corrected chi connectivity index (χ4v) is 2.14. The smallest absolute Gasteiger partial charge is 0.228 e. The van der Waals surface area contributed by atoms with Gasteiger partial charge in [-0.15, -0.1) is 0 Å². The highest BCUT2D eigenvalue weighted by Gasteiger charge is 2.19. The van der Waals surface area contributed by atoms with E-state index in [-0.39, 0.29) is 24.0 Å². The van der Waals surface area contributed by atoms with Gasteiger partial charge in [0, 0.05) is 6.04 Å². The van der Waals surface area contributed by atoms with Gasteiger partial charge in [-0.1, -0.05) is 49.4 Å². The van der Waals surface area contributed by atoms with Gasteiger partial charge in [0.05, 0.1) is 11.6 Å². The molecule has 4 nitrogen and oxygen atoms in total. The molecule has 0 aromatic heterocycles. The van der Waals surface area contributed by atoms with Crippen LogP contribution in [0.4, 0.5) is 5.69 Å². The SMILES string of the molecule is CC(Oc1ccccc1NC(=O)C(C)C(C)N)c1ccccc1. The van der Waals surface area contributed by atoms with Crippen LogP contribution in [0.2, 0.25) is 0 Å². The molecule has 2 aromatic rings. The van der Waals surface area contributed by atoms with E-state index in [1.165, 1.54) is 0 Å². The zero-order chi connectivity index (χ0) is 16.8. The van der Waals surface area contributed by atoms with Crippen molar-refractivity contribution < 1.29 is 9.53 Å². The molecular formula is C19H24N2O2. The number of hydrogen-bond acceptors (Lipinski definition) is 3. The molecule has 3 N–H and O–H groups in total. The maximum absolute atomic E-state index is 12.2. The Labute approximate surface area is 137 Å². The monoisotopic (exact) mass is 312 g/mol. The number of ether oxygens (including phenoxy) is 1. The number of benzene rings is 2. The molecule has 0 saturated carbocycles. The minimum absolute atomic E-state index is 0.108. The molecule has 2 aromatic carbocycles. The zero-order valence-corrected chi connectivity index (χ0v) is 13.8. The highest BCUT2D eigenvalue weighted by molar-refractivity contribution is 5.94. The van der Waals surface area contributed by atoms with Crippen LogP contribution in [0.1, 0.15) is 32.4 Å². The molecule has 0 radical (unpaired) electrons. The third-order valence-corrected chi connectivity index (χ3v) is 3.92. The van der Waals surface area contributed by atoms with Gasteiger partial charge in [0.25, 0.3) is 0 Å². The summed E-state index contributed by atoms with van der Waals surface area (Å²) in [7, 11) is 0. The average Bonchev–Trinajstić information content (AvgIpc) is 2.56. The Kier molecular flexibility index (Phi) is 5.77. The van der Waals surface area contributed by atoms with E-state index in [9.17, 15) is 4.79 Å². The van der Waals surface area contributed by atoms with E-state index in [0.717, 1.165) is 5.56 Å². The molecule has 122 valence electrons. The van der Waals surface area contributed by atoms with Gasteiger partial charge in [0.1, 0.15) is 11.9 Å². The normalized spacial score (nSPS) is 14.6. The topological polar surface area (TPSA) is 64.3 Å². The summed E-state index contributed by atoms with van der Waals surface area (Å²) >= 11 is 0. The largest absolute Gasteiger partial charge is 0.484 e. The molecule has 3 atom stereocenters. The Morgan fingerprint density at radius 2 is 1.61 bits per heavy atom. The summed E-state index contributed by atoms with van der Waals surface area (Å²) in [5, 5.41) is 2.90. The van der Waals surface area contributed by atoms with Crippen LogP contribution in [0.15, 0.2) is 54.6 Å². The van der Waals surface area contributed by atoms with Gasteiger partial charge in [-0.2, -0.15) is 0 Å². The third-order valence-electron chi connectivity index (χ3n) is 3.92. The van der Waals surface area contributed by atoms with E-state index in [1.54, 1.807) is 0 Å². The lowest BCUT2D eigenvalue weighted by atomic mass is 10.0. The minimum atomic E-state index is -0.269. The minimum Gasteiger partial charge on any atom is -0.484 e. The van der Waals surface area contributed by atoms with E-state index in [4.69, 9.17) is 10.5 Å². The second-order valence-corrected chi connectivity index (χ2v) is 5.80. The van der Waals surface area contributed by atoms with E-state index in [1.807, 2.05) is 75.4 Å². The Bertz CT molecular complexity index is 641. The molecule has 3 unspecified atom stereocenters. The molecule has 0 heterocycles. The van der Waals surface area contributed by atoms with Crippen molar-refractivity contribution in [3.63, 3.8) is 0 Å². The third kappa shape index (κ3) is 4.57. The first-order chi connectivity index (χ1) is 11.0. The molecule has 0 saturated heterocycles. The number of nitrogens with one attached hydrogen (secondary N) is 1. The lowest BCUT2D eigenvalue weighted by Gasteiger charge is -2.20. The Morgan fingerprint density at radius 3 is 2.26 bits per heavy atom. The molecule has 0 bridgehead atoms. The molecule has 23 heavy (non-hydrogen) atoms. The first-order valence-electron chi connectivity index (χ1n) is 7.86. The van der Waals surface area contributed by atoms with Crippen molar-refractivity contribution in [3.8, 4) is 5.75 Å². The number of amides is 1. The molecule has 0 fully saturated rings. The van der Waals surface area contributed by atoms with Crippen LogP contribution in [0.5, 0.6) is 5.75 Å². The lowest BCUT2D eigenvalue weighted by molar-refractivity contribution is -0.119. The maximum Gasteiger partial charge on any atom is 0.228 e. The standard InChI is InChI=1S/C19H24N2O2/c1-13(14(2)20)19(22)21-17-11-7-8-12-18(17)23-15(3)16-9-5-4-6-10-16/h4-15H,20H2,1-3H3,(H,21,22). The van der Waals surface area contributed by atoms with Gasteiger partial charge >= 0.3 is 0 Å². The predicted octanol–water partition coefficient (Wildman–Crippen LogP) is 3.75. The van der Waals surface area contributed by atoms with Gasteiger partial charge in [0.2, 0.25) is 5.91 Å². The first kappa shape index (κ1) is 17.0. The van der Waals surface area contributed by atoms with Crippen molar-refractivity contribution in [2.75, 3.05) is 5.32 Å². The molecule has 0 aliphatic heterocycles. The summed E-state index contributed by atoms with van der Waals surface area (Å²) in [6.45, 7) is 5.62. The zero-order valence-electron chi connectivity index (χ0n) is 13.8. The summed E-state index contributed by atoms with van der Waals surface area (Å²) in [6, 6.07) is 17.2. The number of para-hydroxylation sites is 2. The fraction of sp³-hybridized carbons (Fsp3) is 0.316. The number of carbonyl (C=O) groups is 1. The average molecular weight is 312 g/mol. The van der Waals surface area contributed by atoms with Gasteiger partial charge in [-0.05, 0) is 31.5 Å². The molecule has 2 rings (SSSR count). The Morgan fingerprint density at radius 1 is 1.00 bits per heavy atom. The van der Waals surface area contributed by atoms with Crippen LogP contribution < -0.4 is 15.8 Å². The van der Waals surface area contributed by atoms with Crippen LogP contribution in [0.3, 0.4) is 0 Å². The van der Waals surface area contributed by atoms with E-state index in [2.05, 4.69) is 5.32 Å². The number of nitrogens with two attached hydrogens (primary N) is 1. The van der Waals surface area contributed by atoms with Gasteiger partial charge in [0.15, 0.2) is 0 Å². The van der Waals surface area contributed by atoms with Crippen LogP contribution in [0, 0.1) is 5.92 Å². The van der Waals surface area contributed by atoms with Crippen molar-refractivity contribution in [1.82, 2.24) is 0 Å². The number of hydrogen-bond donors (Lipinski definition) is 2. The van der Waals surface area contributed by atoms with Crippen LogP contribution in [-0.4, -0.2) is 11.9 Å². The van der Waals surface area contributed by atoms with E-state index >= 15 is 0 Å². The Hall–Kier alpha value is -2.33. The number of carbonyl (C=O) groups excluding carboxylic acids is 1. The summed E-state index contributed by atoms with van der Waals surface area (Å²) in [5.41, 5.74) is 7.53.